The molecular formula is C17H15ClF3N3OS. The molecule has 0 aromatic heterocycles. The van der Waals surface area contributed by atoms with Gasteiger partial charge >= 0.3 is 6.18 Å². The van der Waals surface area contributed by atoms with Crippen molar-refractivity contribution in [3.8, 4) is 5.75 Å². The zero-order chi connectivity index (χ0) is 19.3. The summed E-state index contributed by atoms with van der Waals surface area (Å²) in [5.74, 6) is 0.675. The van der Waals surface area contributed by atoms with Crippen LogP contribution in [-0.2, 0) is 6.18 Å². The molecule has 2 aromatic carbocycles. The van der Waals surface area contributed by atoms with Crippen molar-refractivity contribution in [1.29, 1.82) is 0 Å². The molecule has 0 saturated carbocycles. The van der Waals surface area contributed by atoms with Crippen molar-refractivity contribution < 1.29 is 17.9 Å². The van der Waals surface area contributed by atoms with Gasteiger partial charge in [-0.3, -0.25) is 5.43 Å². The lowest BCUT2D eigenvalue weighted by atomic mass is 10.1. The fraction of sp³-hybridized carbons (Fsp3) is 0.176. The van der Waals surface area contributed by atoms with E-state index in [4.69, 9.17) is 28.6 Å². The van der Waals surface area contributed by atoms with Crippen LogP contribution in [0.25, 0.3) is 0 Å². The number of ether oxygens (including phenoxy) is 1. The molecule has 0 aliphatic heterocycles. The number of nitrogens with one attached hydrogen (secondary N) is 2. The maximum atomic E-state index is 12.8. The summed E-state index contributed by atoms with van der Waals surface area (Å²) >= 11 is 11.0. The number of halogens is 4. The fourth-order valence-electron chi connectivity index (χ4n) is 1.99. The van der Waals surface area contributed by atoms with Gasteiger partial charge in [-0.25, -0.2) is 0 Å². The molecule has 0 bridgehead atoms. The topological polar surface area (TPSA) is 45.6 Å². The van der Waals surface area contributed by atoms with E-state index in [0.717, 1.165) is 23.8 Å². The molecule has 9 heteroatoms. The number of hydrogen-bond donors (Lipinski definition) is 2. The third-order valence-electron chi connectivity index (χ3n) is 3.35. The van der Waals surface area contributed by atoms with Crippen LogP contribution in [0.5, 0.6) is 5.75 Å². The molecule has 0 aliphatic carbocycles. The van der Waals surface area contributed by atoms with E-state index in [1.54, 1.807) is 26.2 Å². The van der Waals surface area contributed by atoms with E-state index >= 15 is 0 Å². The summed E-state index contributed by atoms with van der Waals surface area (Å²) < 4.78 is 43.5. The Bertz CT molecular complexity index is 840. The van der Waals surface area contributed by atoms with E-state index in [-0.39, 0.29) is 15.8 Å². The van der Waals surface area contributed by atoms with Gasteiger partial charge in [0.05, 0.1) is 29.1 Å². The maximum Gasteiger partial charge on any atom is 0.416 e. The highest BCUT2D eigenvalue weighted by atomic mass is 35.5. The van der Waals surface area contributed by atoms with Gasteiger partial charge in [-0.1, -0.05) is 23.7 Å². The zero-order valence-electron chi connectivity index (χ0n) is 13.8. The van der Waals surface area contributed by atoms with Gasteiger partial charge in [0.15, 0.2) is 5.11 Å². The largest absolute Gasteiger partial charge is 0.497 e. The predicted octanol–water partition coefficient (Wildman–Crippen LogP) is 5.08. The van der Waals surface area contributed by atoms with Gasteiger partial charge in [0.1, 0.15) is 5.75 Å². The highest BCUT2D eigenvalue weighted by Crippen LogP contribution is 2.33. The van der Waals surface area contributed by atoms with Gasteiger partial charge in [-0.15, -0.1) is 0 Å². The van der Waals surface area contributed by atoms with Crippen molar-refractivity contribution in [1.82, 2.24) is 5.43 Å². The molecule has 0 fully saturated rings. The smallest absolute Gasteiger partial charge is 0.416 e. The fourth-order valence-corrected chi connectivity index (χ4v) is 2.32. The lowest BCUT2D eigenvalue weighted by molar-refractivity contribution is -0.137. The molecule has 0 heterocycles. The molecule has 0 amide bonds. The molecule has 0 saturated heterocycles. The average molecular weight is 402 g/mol. The van der Waals surface area contributed by atoms with Crippen molar-refractivity contribution in [3.05, 3.63) is 58.6 Å². The number of rotatable bonds is 4. The normalized spacial score (nSPS) is 11.8. The lowest BCUT2D eigenvalue weighted by Gasteiger charge is -2.13. The SMILES string of the molecule is COc1cccc(/C(C)=N\NC(=S)Nc2cc(C(F)(F)F)ccc2Cl)c1. The summed E-state index contributed by atoms with van der Waals surface area (Å²) in [7, 11) is 1.56. The monoisotopic (exact) mass is 401 g/mol. The Labute approximate surface area is 159 Å². The van der Waals surface area contributed by atoms with Crippen molar-refractivity contribution in [2.24, 2.45) is 5.10 Å². The number of nitrogens with zero attached hydrogens (tertiary/aromatic N) is 1. The third-order valence-corrected chi connectivity index (χ3v) is 3.88. The molecule has 0 aliphatic rings. The number of anilines is 1. The van der Waals surface area contributed by atoms with Gasteiger partial charge in [-0.2, -0.15) is 18.3 Å². The van der Waals surface area contributed by atoms with Crippen LogP contribution in [0.4, 0.5) is 18.9 Å². The first-order chi connectivity index (χ1) is 12.2. The molecule has 26 heavy (non-hydrogen) atoms. The average Bonchev–Trinajstić information content (AvgIpc) is 2.60. The minimum atomic E-state index is -4.48. The van der Waals surface area contributed by atoms with Gasteiger partial charge < -0.3 is 10.1 Å². The van der Waals surface area contributed by atoms with Crippen molar-refractivity contribution in [3.63, 3.8) is 0 Å². The van der Waals surface area contributed by atoms with Crippen LogP contribution in [0.1, 0.15) is 18.1 Å². The van der Waals surface area contributed by atoms with Gasteiger partial charge in [0.2, 0.25) is 0 Å². The van der Waals surface area contributed by atoms with Gasteiger partial charge in [0.25, 0.3) is 0 Å². The number of hydrogen-bond acceptors (Lipinski definition) is 3. The molecule has 2 N–H and O–H groups in total. The Morgan fingerprint density at radius 2 is 1.92 bits per heavy atom. The van der Waals surface area contributed by atoms with Crippen molar-refractivity contribution >= 4 is 40.3 Å². The van der Waals surface area contributed by atoms with Gasteiger partial charge in [-0.05, 0) is 49.5 Å². The molecule has 0 spiro atoms. The first-order valence-electron chi connectivity index (χ1n) is 7.33. The van der Waals surface area contributed by atoms with E-state index in [2.05, 4.69) is 15.8 Å². The number of benzene rings is 2. The minimum Gasteiger partial charge on any atom is -0.497 e. The Morgan fingerprint density at radius 1 is 1.19 bits per heavy atom. The predicted molar refractivity (Wildman–Crippen MR) is 101 cm³/mol. The second-order valence-corrected chi connectivity index (χ2v) is 6.00. The Hall–Kier alpha value is -2.32. The zero-order valence-corrected chi connectivity index (χ0v) is 15.4. The molecule has 4 nitrogen and oxygen atoms in total. The first kappa shape index (κ1) is 20.0. The van der Waals surface area contributed by atoms with Gasteiger partial charge in [0, 0.05) is 5.56 Å². The van der Waals surface area contributed by atoms with Crippen LogP contribution < -0.4 is 15.5 Å². The molecule has 0 atom stereocenters. The summed E-state index contributed by atoms with van der Waals surface area (Å²) in [6.45, 7) is 1.75. The summed E-state index contributed by atoms with van der Waals surface area (Å²) in [5.41, 5.74) is 3.20. The van der Waals surface area contributed by atoms with E-state index in [9.17, 15) is 13.2 Å². The standard InChI is InChI=1S/C17H15ClF3N3OS/c1-10(11-4-3-5-13(8-11)25-2)23-24-16(26)22-15-9-12(17(19,20)21)6-7-14(15)18/h3-9H,1-2H3,(H2,22,24,26)/b23-10-. The lowest BCUT2D eigenvalue weighted by Crippen LogP contribution is -2.25. The van der Waals surface area contributed by atoms with E-state index < -0.39 is 11.7 Å². The van der Waals surface area contributed by atoms with Crippen molar-refractivity contribution in [2.45, 2.75) is 13.1 Å². The highest BCUT2D eigenvalue weighted by molar-refractivity contribution is 7.80. The van der Waals surface area contributed by atoms with E-state index in [0.29, 0.717) is 11.5 Å². The second-order valence-electron chi connectivity index (χ2n) is 5.19. The van der Waals surface area contributed by atoms with Crippen molar-refractivity contribution in [2.75, 3.05) is 12.4 Å². The molecule has 2 rings (SSSR count). The Balaban J connectivity index is 2.09. The van der Waals surface area contributed by atoms with Crippen LogP contribution in [0.3, 0.4) is 0 Å². The van der Waals surface area contributed by atoms with Crippen LogP contribution >= 0.6 is 23.8 Å². The summed E-state index contributed by atoms with van der Waals surface area (Å²) in [6.07, 6.45) is -4.48. The van der Waals surface area contributed by atoms with Crippen LogP contribution in [0.2, 0.25) is 5.02 Å². The number of alkyl halides is 3. The first-order valence-corrected chi connectivity index (χ1v) is 8.12. The summed E-state index contributed by atoms with van der Waals surface area (Å²) in [5, 5.41) is 6.83. The third kappa shape index (κ3) is 5.34. The minimum absolute atomic E-state index is 0.00784. The van der Waals surface area contributed by atoms with Crippen LogP contribution in [-0.4, -0.2) is 17.9 Å². The molecule has 0 unspecified atom stereocenters. The van der Waals surface area contributed by atoms with Crippen LogP contribution in [0.15, 0.2) is 47.6 Å². The summed E-state index contributed by atoms with van der Waals surface area (Å²) in [6, 6.07) is 10.2. The molecule has 138 valence electrons. The molecule has 2 aromatic rings. The highest BCUT2D eigenvalue weighted by Gasteiger charge is 2.31. The molecular weight excluding hydrogens is 387 g/mol. The second kappa shape index (κ2) is 8.37. The summed E-state index contributed by atoms with van der Waals surface area (Å²) in [4.78, 5) is 0. The maximum absolute atomic E-state index is 12.8. The Morgan fingerprint density at radius 3 is 2.58 bits per heavy atom. The van der Waals surface area contributed by atoms with E-state index in [1.165, 1.54) is 0 Å². The number of hydrazone groups is 1. The number of thiocarbonyl (C=S) groups is 1. The quantitative estimate of drug-likeness (QED) is 0.426. The number of methoxy groups -OCH3 is 1. The van der Waals surface area contributed by atoms with Crippen LogP contribution in [0, 0.1) is 0 Å². The molecule has 0 radical (unpaired) electrons. The Kier molecular flexibility index (Phi) is 6.44. The van der Waals surface area contributed by atoms with E-state index in [1.807, 2.05) is 12.1 Å².